The van der Waals surface area contributed by atoms with Crippen molar-refractivity contribution in [3.8, 4) is 5.75 Å². The first-order valence-corrected chi connectivity index (χ1v) is 8.29. The Morgan fingerprint density at radius 3 is 2.50 bits per heavy atom. The number of ketones is 1. The topological polar surface area (TPSA) is 52.3 Å². The molecule has 0 heterocycles. The number of carbonyl (C=O) groups is 1. The number of Topliss-reactive ketones (excluding diaryl/α,β-unsaturated/α-hetero) is 1. The minimum absolute atomic E-state index is 0.0846. The lowest BCUT2D eigenvalue weighted by Crippen LogP contribution is -2.15. The second-order valence-electron chi connectivity index (χ2n) is 4.97. The average molecular weight is 315 g/mol. The zero-order valence-corrected chi connectivity index (χ0v) is 13.5. The van der Waals surface area contributed by atoms with Crippen LogP contribution in [0.5, 0.6) is 5.75 Å². The molecule has 0 saturated heterocycles. The van der Waals surface area contributed by atoms with E-state index in [4.69, 9.17) is 10.5 Å². The van der Waals surface area contributed by atoms with Gasteiger partial charge in [0.25, 0.3) is 0 Å². The van der Waals surface area contributed by atoms with E-state index in [1.54, 1.807) is 18.9 Å². The highest BCUT2D eigenvalue weighted by atomic mass is 32.2. The summed E-state index contributed by atoms with van der Waals surface area (Å²) in [5.74, 6) is 1.76. The third-order valence-corrected chi connectivity index (χ3v) is 4.76. The predicted octanol–water partition coefficient (Wildman–Crippen LogP) is 3.59. The van der Waals surface area contributed by atoms with Crippen LogP contribution in [0.3, 0.4) is 0 Å². The molecule has 2 N–H and O–H groups in total. The Hall–Kier alpha value is -1.78. The first-order valence-electron chi connectivity index (χ1n) is 7.24. The normalized spacial score (nSPS) is 11.9. The van der Waals surface area contributed by atoms with E-state index >= 15 is 0 Å². The second-order valence-corrected chi connectivity index (χ2v) is 6.16. The van der Waals surface area contributed by atoms with E-state index in [-0.39, 0.29) is 17.6 Å². The molecule has 1 unspecified atom stereocenters. The summed E-state index contributed by atoms with van der Waals surface area (Å²) < 4.78 is 5.39. The summed E-state index contributed by atoms with van der Waals surface area (Å²) in [6.45, 7) is 0.0958. The van der Waals surface area contributed by atoms with E-state index in [0.29, 0.717) is 6.42 Å². The summed E-state index contributed by atoms with van der Waals surface area (Å²) in [5.41, 5.74) is 7.76. The SMILES string of the molecule is COc1ccccc1CSC(CC(=O)CN)c1ccccc1. The van der Waals surface area contributed by atoms with Gasteiger partial charge in [0.05, 0.1) is 13.7 Å². The van der Waals surface area contributed by atoms with Crippen LogP contribution in [0.25, 0.3) is 0 Å². The number of nitrogens with two attached hydrogens (primary N) is 1. The van der Waals surface area contributed by atoms with Gasteiger partial charge in [0.1, 0.15) is 11.5 Å². The van der Waals surface area contributed by atoms with Gasteiger partial charge in [-0.05, 0) is 11.6 Å². The zero-order chi connectivity index (χ0) is 15.8. The molecule has 1 atom stereocenters. The molecule has 2 aromatic rings. The fourth-order valence-electron chi connectivity index (χ4n) is 2.24. The van der Waals surface area contributed by atoms with Gasteiger partial charge >= 0.3 is 0 Å². The summed E-state index contributed by atoms with van der Waals surface area (Å²) in [6, 6.07) is 18.1. The molecule has 0 aliphatic rings. The lowest BCUT2D eigenvalue weighted by atomic mass is 10.1. The van der Waals surface area contributed by atoms with Crippen LogP contribution in [0.2, 0.25) is 0 Å². The van der Waals surface area contributed by atoms with Crippen molar-refractivity contribution in [3.05, 3.63) is 65.7 Å². The molecule has 2 aromatic carbocycles. The van der Waals surface area contributed by atoms with Crippen molar-refractivity contribution in [2.75, 3.05) is 13.7 Å². The Bertz CT molecular complexity index is 601. The smallest absolute Gasteiger partial charge is 0.147 e. The van der Waals surface area contributed by atoms with Crippen LogP contribution < -0.4 is 10.5 Å². The van der Waals surface area contributed by atoms with E-state index in [9.17, 15) is 4.79 Å². The number of thioether (sulfide) groups is 1. The maximum absolute atomic E-state index is 11.8. The molecule has 0 spiro atoms. The van der Waals surface area contributed by atoms with Gasteiger partial charge in [-0.25, -0.2) is 0 Å². The van der Waals surface area contributed by atoms with Gasteiger partial charge < -0.3 is 10.5 Å². The van der Waals surface area contributed by atoms with Crippen LogP contribution in [0.4, 0.5) is 0 Å². The lowest BCUT2D eigenvalue weighted by molar-refractivity contribution is -0.117. The summed E-state index contributed by atoms with van der Waals surface area (Å²) in [7, 11) is 1.68. The van der Waals surface area contributed by atoms with Crippen molar-refractivity contribution in [2.45, 2.75) is 17.4 Å². The molecule has 0 aliphatic carbocycles. The van der Waals surface area contributed by atoms with Gasteiger partial charge in [0.2, 0.25) is 0 Å². The molecule has 4 heteroatoms. The number of hydrogen-bond acceptors (Lipinski definition) is 4. The number of hydrogen-bond donors (Lipinski definition) is 1. The second kappa shape index (κ2) is 8.61. The van der Waals surface area contributed by atoms with Crippen LogP contribution in [-0.4, -0.2) is 19.4 Å². The predicted molar refractivity (Wildman–Crippen MR) is 92.2 cm³/mol. The molecule has 0 aliphatic heterocycles. The van der Waals surface area contributed by atoms with Crippen LogP contribution in [-0.2, 0) is 10.5 Å². The van der Waals surface area contributed by atoms with Gasteiger partial charge in [-0.1, -0.05) is 48.5 Å². The standard InChI is InChI=1S/C18H21NO2S/c1-21-17-10-6-5-9-15(17)13-22-18(11-16(20)12-19)14-7-3-2-4-8-14/h2-10,18H,11-13,19H2,1H3. The Kier molecular flexibility index (Phi) is 6.49. The number of carbonyl (C=O) groups excluding carboxylic acids is 1. The summed E-state index contributed by atoms with van der Waals surface area (Å²) in [4.78, 5) is 11.8. The Balaban J connectivity index is 2.11. The van der Waals surface area contributed by atoms with E-state index in [2.05, 4.69) is 18.2 Å². The van der Waals surface area contributed by atoms with E-state index in [1.165, 1.54) is 0 Å². The van der Waals surface area contributed by atoms with Gasteiger partial charge in [0.15, 0.2) is 0 Å². The largest absolute Gasteiger partial charge is 0.496 e. The number of benzene rings is 2. The highest BCUT2D eigenvalue weighted by Crippen LogP contribution is 2.36. The third-order valence-electron chi connectivity index (χ3n) is 3.44. The molecule has 0 aromatic heterocycles. The van der Waals surface area contributed by atoms with Gasteiger partial charge in [-0.2, -0.15) is 0 Å². The van der Waals surface area contributed by atoms with E-state index in [1.807, 2.05) is 36.4 Å². The quantitative estimate of drug-likeness (QED) is 0.809. The first kappa shape index (κ1) is 16.6. The van der Waals surface area contributed by atoms with Crippen molar-refractivity contribution in [1.29, 1.82) is 0 Å². The van der Waals surface area contributed by atoms with Crippen LogP contribution in [0.15, 0.2) is 54.6 Å². The summed E-state index contributed by atoms with van der Waals surface area (Å²) in [5, 5.41) is 0.113. The van der Waals surface area contributed by atoms with Gasteiger partial charge in [-0.15, -0.1) is 11.8 Å². The summed E-state index contributed by atoms with van der Waals surface area (Å²) in [6.07, 6.45) is 0.459. The molecule has 0 bridgehead atoms. The zero-order valence-electron chi connectivity index (χ0n) is 12.7. The molecule has 0 fully saturated rings. The first-order chi connectivity index (χ1) is 10.7. The number of rotatable bonds is 8. The fraction of sp³-hybridized carbons (Fsp3) is 0.278. The Morgan fingerprint density at radius 2 is 1.82 bits per heavy atom. The van der Waals surface area contributed by atoms with Crippen molar-refractivity contribution in [3.63, 3.8) is 0 Å². The van der Waals surface area contributed by atoms with E-state index in [0.717, 1.165) is 22.6 Å². The van der Waals surface area contributed by atoms with Crippen molar-refractivity contribution < 1.29 is 9.53 Å². The minimum Gasteiger partial charge on any atom is -0.496 e. The van der Waals surface area contributed by atoms with Crippen molar-refractivity contribution >= 4 is 17.5 Å². The lowest BCUT2D eigenvalue weighted by Gasteiger charge is -2.17. The maximum atomic E-state index is 11.8. The molecular weight excluding hydrogens is 294 g/mol. The van der Waals surface area contributed by atoms with Crippen molar-refractivity contribution in [1.82, 2.24) is 0 Å². The average Bonchev–Trinajstić information content (AvgIpc) is 2.59. The summed E-state index contributed by atoms with van der Waals surface area (Å²) >= 11 is 1.74. The highest BCUT2D eigenvalue weighted by Gasteiger charge is 2.16. The maximum Gasteiger partial charge on any atom is 0.147 e. The van der Waals surface area contributed by atoms with Crippen LogP contribution in [0, 0.1) is 0 Å². The fourth-order valence-corrected chi connectivity index (χ4v) is 3.52. The van der Waals surface area contributed by atoms with Gasteiger partial charge in [0, 0.05) is 23.0 Å². The molecule has 2 rings (SSSR count). The molecule has 116 valence electrons. The number of methoxy groups -OCH3 is 1. The monoisotopic (exact) mass is 315 g/mol. The molecule has 22 heavy (non-hydrogen) atoms. The molecule has 0 saturated carbocycles. The number of para-hydroxylation sites is 1. The Morgan fingerprint density at radius 1 is 1.14 bits per heavy atom. The van der Waals surface area contributed by atoms with Crippen LogP contribution >= 0.6 is 11.8 Å². The molecule has 0 radical (unpaired) electrons. The molecular formula is C18H21NO2S. The molecule has 3 nitrogen and oxygen atoms in total. The van der Waals surface area contributed by atoms with E-state index < -0.39 is 0 Å². The third kappa shape index (κ3) is 4.61. The van der Waals surface area contributed by atoms with Crippen LogP contribution in [0.1, 0.15) is 22.8 Å². The Labute approximate surface area is 135 Å². The highest BCUT2D eigenvalue weighted by molar-refractivity contribution is 7.98. The molecule has 0 amide bonds. The minimum atomic E-state index is 0.0846. The van der Waals surface area contributed by atoms with Crippen molar-refractivity contribution in [2.24, 2.45) is 5.73 Å². The van der Waals surface area contributed by atoms with Gasteiger partial charge in [-0.3, -0.25) is 4.79 Å². The number of ether oxygens (including phenoxy) is 1.